The molecule has 0 aliphatic carbocycles. The number of nitrogens with one attached hydrogen (secondary N) is 1. The minimum Gasteiger partial charge on any atom is -0.481 e. The quantitative estimate of drug-likeness (QED) is 0.791. The van der Waals surface area contributed by atoms with Crippen LogP contribution < -0.4 is 10.1 Å². The van der Waals surface area contributed by atoms with Crippen molar-refractivity contribution in [3.8, 4) is 5.75 Å². The van der Waals surface area contributed by atoms with Crippen molar-refractivity contribution in [2.75, 3.05) is 0 Å². The second kappa shape index (κ2) is 9.06. The highest BCUT2D eigenvalue weighted by Crippen LogP contribution is 2.15. The highest BCUT2D eigenvalue weighted by atomic mass is 19.1. The molecule has 2 rings (SSSR count). The van der Waals surface area contributed by atoms with E-state index in [-0.39, 0.29) is 17.8 Å². The molecular formula is C20H24FNO2. The van der Waals surface area contributed by atoms with Gasteiger partial charge in [-0.05, 0) is 56.0 Å². The highest BCUT2D eigenvalue weighted by molar-refractivity contribution is 5.81. The molecule has 1 amide bonds. The van der Waals surface area contributed by atoms with Crippen molar-refractivity contribution in [2.24, 2.45) is 0 Å². The Labute approximate surface area is 142 Å². The summed E-state index contributed by atoms with van der Waals surface area (Å²) in [6.07, 6.45) is 1.75. The molecule has 0 unspecified atom stereocenters. The van der Waals surface area contributed by atoms with Gasteiger partial charge in [-0.25, -0.2) is 4.39 Å². The summed E-state index contributed by atoms with van der Waals surface area (Å²) < 4.78 is 18.6. The maximum atomic E-state index is 12.9. The Morgan fingerprint density at radius 3 is 2.42 bits per heavy atom. The van der Waals surface area contributed by atoms with Crippen LogP contribution in [0.15, 0.2) is 54.6 Å². The van der Waals surface area contributed by atoms with Gasteiger partial charge in [-0.15, -0.1) is 0 Å². The van der Waals surface area contributed by atoms with Gasteiger partial charge in [0.25, 0.3) is 5.91 Å². The third kappa shape index (κ3) is 5.69. The molecule has 3 nitrogen and oxygen atoms in total. The zero-order chi connectivity index (χ0) is 17.4. The van der Waals surface area contributed by atoms with Gasteiger partial charge in [0, 0.05) is 6.04 Å². The van der Waals surface area contributed by atoms with Crippen LogP contribution in [0.25, 0.3) is 0 Å². The van der Waals surface area contributed by atoms with Gasteiger partial charge in [0.1, 0.15) is 11.6 Å². The normalized spacial score (nSPS) is 13.1. The van der Waals surface area contributed by atoms with Crippen molar-refractivity contribution in [1.82, 2.24) is 5.32 Å². The van der Waals surface area contributed by atoms with E-state index < -0.39 is 6.10 Å². The molecule has 2 atom stereocenters. The van der Waals surface area contributed by atoms with Crippen LogP contribution in [0.1, 0.15) is 32.3 Å². The molecule has 4 heteroatoms. The topological polar surface area (TPSA) is 38.3 Å². The molecule has 0 bridgehead atoms. The van der Waals surface area contributed by atoms with Gasteiger partial charge in [-0.2, -0.15) is 0 Å². The summed E-state index contributed by atoms with van der Waals surface area (Å²) >= 11 is 0. The van der Waals surface area contributed by atoms with Crippen LogP contribution in [-0.4, -0.2) is 18.1 Å². The number of hydrogen-bond acceptors (Lipinski definition) is 2. The summed E-state index contributed by atoms with van der Waals surface area (Å²) in [6, 6.07) is 16.0. The van der Waals surface area contributed by atoms with Gasteiger partial charge in [-0.1, -0.05) is 37.3 Å². The third-order valence-electron chi connectivity index (χ3n) is 3.85. The number of amides is 1. The van der Waals surface area contributed by atoms with Gasteiger partial charge < -0.3 is 10.1 Å². The van der Waals surface area contributed by atoms with Gasteiger partial charge >= 0.3 is 0 Å². The molecule has 0 saturated heterocycles. The lowest BCUT2D eigenvalue weighted by molar-refractivity contribution is -0.128. The maximum absolute atomic E-state index is 12.9. The summed E-state index contributed by atoms with van der Waals surface area (Å²) in [5.74, 6) is 0.0344. The largest absolute Gasteiger partial charge is 0.481 e. The monoisotopic (exact) mass is 329 g/mol. The van der Waals surface area contributed by atoms with Gasteiger partial charge in [0.05, 0.1) is 0 Å². The lowest BCUT2D eigenvalue weighted by Crippen LogP contribution is -2.42. The predicted molar refractivity (Wildman–Crippen MR) is 93.5 cm³/mol. The summed E-state index contributed by atoms with van der Waals surface area (Å²) in [6.45, 7) is 3.88. The Morgan fingerprint density at radius 1 is 1.12 bits per heavy atom. The van der Waals surface area contributed by atoms with Crippen LogP contribution in [0.2, 0.25) is 0 Å². The molecule has 0 radical (unpaired) electrons. The fraction of sp³-hybridized carbons (Fsp3) is 0.350. The Hall–Kier alpha value is -2.36. The summed E-state index contributed by atoms with van der Waals surface area (Å²) in [5, 5.41) is 2.99. The van der Waals surface area contributed by atoms with Crippen LogP contribution in [0.5, 0.6) is 5.75 Å². The van der Waals surface area contributed by atoms with Crippen LogP contribution in [0.4, 0.5) is 4.39 Å². The number of carbonyl (C=O) groups excluding carboxylic acids is 1. The number of aryl methyl sites for hydroxylation is 1. The van der Waals surface area contributed by atoms with Gasteiger partial charge in [-0.3, -0.25) is 4.79 Å². The molecule has 2 aromatic rings. The molecule has 0 aliphatic heterocycles. The number of ether oxygens (including phenoxy) is 1. The Morgan fingerprint density at radius 2 is 1.79 bits per heavy atom. The Bertz CT molecular complexity index is 628. The number of halogens is 1. The molecule has 0 aromatic heterocycles. The SMILES string of the molecule is CC[C@H](Oc1ccc(F)cc1)C(=O)N[C@H](C)CCc1ccccc1. The van der Waals surface area contributed by atoms with E-state index in [1.54, 1.807) is 0 Å². The van der Waals surface area contributed by atoms with E-state index in [0.717, 1.165) is 12.8 Å². The summed E-state index contributed by atoms with van der Waals surface area (Å²) in [5.41, 5.74) is 1.26. The summed E-state index contributed by atoms with van der Waals surface area (Å²) in [4.78, 5) is 12.4. The fourth-order valence-corrected chi connectivity index (χ4v) is 2.44. The van der Waals surface area contributed by atoms with Crippen LogP contribution in [0, 0.1) is 5.82 Å². The molecule has 0 aliphatic rings. The van der Waals surface area contributed by atoms with E-state index in [2.05, 4.69) is 17.4 Å². The molecule has 0 fully saturated rings. The lowest BCUT2D eigenvalue weighted by Gasteiger charge is -2.20. The molecule has 0 spiro atoms. The van der Waals surface area contributed by atoms with E-state index in [9.17, 15) is 9.18 Å². The number of hydrogen-bond donors (Lipinski definition) is 1. The predicted octanol–water partition coefficient (Wildman–Crippen LogP) is 4.12. The molecule has 2 aromatic carbocycles. The van der Waals surface area contributed by atoms with Crippen molar-refractivity contribution in [2.45, 2.75) is 45.3 Å². The van der Waals surface area contributed by atoms with Crippen molar-refractivity contribution in [1.29, 1.82) is 0 Å². The van der Waals surface area contributed by atoms with Crippen molar-refractivity contribution in [3.63, 3.8) is 0 Å². The summed E-state index contributed by atoms with van der Waals surface area (Å²) in [7, 11) is 0. The average Bonchev–Trinajstić information content (AvgIpc) is 2.60. The highest BCUT2D eigenvalue weighted by Gasteiger charge is 2.20. The van der Waals surface area contributed by atoms with Crippen molar-refractivity contribution >= 4 is 5.91 Å². The fourth-order valence-electron chi connectivity index (χ4n) is 2.44. The maximum Gasteiger partial charge on any atom is 0.261 e. The number of rotatable bonds is 8. The van der Waals surface area contributed by atoms with Gasteiger partial charge in [0.15, 0.2) is 6.10 Å². The van der Waals surface area contributed by atoms with E-state index in [0.29, 0.717) is 12.2 Å². The van der Waals surface area contributed by atoms with Crippen molar-refractivity contribution in [3.05, 3.63) is 66.0 Å². The standard InChI is InChI=1S/C20H24FNO2/c1-3-19(24-18-13-11-17(21)12-14-18)20(23)22-15(2)9-10-16-7-5-4-6-8-16/h4-8,11-15,19H,3,9-10H2,1-2H3,(H,22,23)/t15-,19+/m1/s1. The minimum atomic E-state index is -0.574. The first-order chi connectivity index (χ1) is 11.6. The van der Waals surface area contributed by atoms with Crippen molar-refractivity contribution < 1.29 is 13.9 Å². The van der Waals surface area contributed by atoms with Crippen LogP contribution >= 0.6 is 0 Å². The first-order valence-electron chi connectivity index (χ1n) is 8.35. The second-order valence-corrected chi connectivity index (χ2v) is 5.90. The van der Waals surface area contributed by atoms with E-state index >= 15 is 0 Å². The number of benzene rings is 2. The third-order valence-corrected chi connectivity index (χ3v) is 3.85. The first kappa shape index (κ1) is 18.0. The zero-order valence-electron chi connectivity index (χ0n) is 14.2. The molecular weight excluding hydrogens is 305 g/mol. The molecule has 0 saturated carbocycles. The van der Waals surface area contributed by atoms with E-state index in [1.165, 1.54) is 29.8 Å². The van der Waals surface area contributed by atoms with Crippen LogP contribution in [0.3, 0.4) is 0 Å². The van der Waals surface area contributed by atoms with Crippen LogP contribution in [-0.2, 0) is 11.2 Å². The Kier molecular flexibility index (Phi) is 6.79. The smallest absolute Gasteiger partial charge is 0.261 e. The minimum absolute atomic E-state index is 0.0589. The van der Waals surface area contributed by atoms with E-state index in [4.69, 9.17) is 4.74 Å². The Balaban J connectivity index is 1.83. The number of carbonyl (C=O) groups is 1. The molecule has 1 N–H and O–H groups in total. The average molecular weight is 329 g/mol. The second-order valence-electron chi connectivity index (χ2n) is 5.90. The molecule has 128 valence electrons. The first-order valence-corrected chi connectivity index (χ1v) is 8.35. The zero-order valence-corrected chi connectivity index (χ0v) is 14.2. The van der Waals surface area contributed by atoms with Gasteiger partial charge in [0.2, 0.25) is 0 Å². The molecule has 0 heterocycles. The van der Waals surface area contributed by atoms with E-state index in [1.807, 2.05) is 32.0 Å². The lowest BCUT2D eigenvalue weighted by atomic mass is 10.1. The molecule has 24 heavy (non-hydrogen) atoms.